The minimum Gasteiger partial charge on any atom is -0.322 e. The summed E-state index contributed by atoms with van der Waals surface area (Å²) < 4.78 is -3.27. The monoisotopic (exact) mass is 548 g/mol. The Kier molecular flexibility index (Phi) is 11.2. The van der Waals surface area contributed by atoms with Crippen molar-refractivity contribution < 1.29 is 4.79 Å². The number of carbonyl (C=O) groups excluding carboxylic acids is 1. The van der Waals surface area contributed by atoms with Crippen LogP contribution < -0.4 is 10.6 Å². The SMILES string of the molecule is O=C(N[C@H](SC1CCCCC1)C(Cl)(Cl)Cl)N[C@@H](SC1CCCCC1)C(Cl)(Cl)Cl. The van der Waals surface area contributed by atoms with Crippen molar-refractivity contribution in [3.05, 3.63) is 0 Å². The first-order valence-corrected chi connectivity index (χ1v) is 13.7. The second-order valence-electron chi connectivity index (χ2n) is 7.25. The molecule has 28 heavy (non-hydrogen) atoms. The Labute approximate surface area is 206 Å². The number of hydrogen-bond acceptors (Lipinski definition) is 3. The van der Waals surface area contributed by atoms with Crippen molar-refractivity contribution in [1.29, 1.82) is 0 Å². The van der Waals surface area contributed by atoms with Crippen LogP contribution in [0.15, 0.2) is 0 Å². The van der Waals surface area contributed by atoms with Crippen LogP contribution in [0, 0.1) is 0 Å². The van der Waals surface area contributed by atoms with Gasteiger partial charge in [0, 0.05) is 10.5 Å². The number of carbonyl (C=O) groups is 1. The Morgan fingerprint density at radius 3 is 1.29 bits per heavy atom. The van der Waals surface area contributed by atoms with Gasteiger partial charge in [0.2, 0.25) is 7.59 Å². The molecule has 0 radical (unpaired) electrons. The van der Waals surface area contributed by atoms with Gasteiger partial charge in [0.15, 0.2) is 0 Å². The van der Waals surface area contributed by atoms with Gasteiger partial charge in [-0.3, -0.25) is 0 Å². The van der Waals surface area contributed by atoms with Crippen LogP contribution in [-0.2, 0) is 0 Å². The highest BCUT2D eigenvalue weighted by molar-refractivity contribution is 8.01. The van der Waals surface area contributed by atoms with E-state index >= 15 is 0 Å². The summed E-state index contributed by atoms with van der Waals surface area (Å²) in [5.74, 6) is 0. The van der Waals surface area contributed by atoms with E-state index in [2.05, 4.69) is 10.6 Å². The van der Waals surface area contributed by atoms with Crippen molar-refractivity contribution in [2.24, 2.45) is 0 Å². The fraction of sp³-hybridized carbons (Fsp3) is 0.941. The molecule has 2 N–H and O–H groups in total. The van der Waals surface area contributed by atoms with Gasteiger partial charge in [0.25, 0.3) is 0 Å². The fourth-order valence-corrected chi connectivity index (χ4v) is 7.35. The third-order valence-corrected chi connectivity index (χ3v) is 10.2. The van der Waals surface area contributed by atoms with Gasteiger partial charge in [0.1, 0.15) is 10.7 Å². The molecule has 11 heteroatoms. The predicted octanol–water partition coefficient (Wildman–Crippen LogP) is 7.81. The lowest BCUT2D eigenvalue weighted by Crippen LogP contribution is -2.52. The summed E-state index contributed by atoms with van der Waals surface area (Å²) in [6.07, 6.45) is 11.3. The van der Waals surface area contributed by atoms with E-state index in [4.69, 9.17) is 69.6 Å². The number of thioether (sulfide) groups is 2. The largest absolute Gasteiger partial charge is 0.322 e. The zero-order valence-electron chi connectivity index (χ0n) is 15.4. The minimum atomic E-state index is -1.63. The lowest BCUT2D eigenvalue weighted by atomic mass is 10.0. The smallest absolute Gasteiger partial charge is 0.316 e. The number of nitrogens with one attached hydrogen (secondary N) is 2. The molecular formula is C17H26Cl6N2OS2. The molecule has 0 aromatic carbocycles. The molecule has 164 valence electrons. The molecule has 0 saturated heterocycles. The number of halogens is 6. The van der Waals surface area contributed by atoms with Crippen LogP contribution in [0.2, 0.25) is 0 Å². The maximum Gasteiger partial charge on any atom is 0.316 e. The average Bonchev–Trinajstić information content (AvgIpc) is 2.61. The summed E-state index contributed by atoms with van der Waals surface area (Å²) in [6, 6.07) is -0.501. The highest BCUT2D eigenvalue weighted by atomic mass is 35.6. The van der Waals surface area contributed by atoms with Gasteiger partial charge < -0.3 is 10.6 Å². The van der Waals surface area contributed by atoms with Gasteiger partial charge in [-0.15, -0.1) is 23.5 Å². The second kappa shape index (κ2) is 12.1. The summed E-state index contributed by atoms with van der Waals surface area (Å²) in [6.45, 7) is 0. The second-order valence-corrected chi connectivity index (χ2v) is 14.8. The van der Waals surface area contributed by atoms with Crippen molar-refractivity contribution in [1.82, 2.24) is 10.6 Å². The molecule has 0 unspecified atom stereocenters. The Balaban J connectivity index is 1.95. The van der Waals surface area contributed by atoms with E-state index in [1.165, 1.54) is 36.4 Å². The Hall–Kier alpha value is 1.71. The van der Waals surface area contributed by atoms with E-state index in [9.17, 15) is 4.79 Å². The molecule has 2 rings (SSSR count). The molecule has 0 heterocycles. The van der Waals surface area contributed by atoms with Crippen LogP contribution in [0.25, 0.3) is 0 Å². The number of amides is 2. The Morgan fingerprint density at radius 1 is 0.679 bits per heavy atom. The van der Waals surface area contributed by atoms with Crippen LogP contribution >= 0.6 is 93.1 Å². The fourth-order valence-electron chi connectivity index (χ4n) is 3.45. The van der Waals surface area contributed by atoms with Gasteiger partial charge >= 0.3 is 6.03 Å². The molecule has 2 aliphatic carbocycles. The number of alkyl halides is 6. The van der Waals surface area contributed by atoms with E-state index < -0.39 is 24.4 Å². The molecular weight excluding hydrogens is 525 g/mol. The predicted molar refractivity (Wildman–Crippen MR) is 129 cm³/mol. The van der Waals surface area contributed by atoms with Crippen molar-refractivity contribution >= 4 is 99.2 Å². The van der Waals surface area contributed by atoms with Gasteiger partial charge in [-0.1, -0.05) is 108 Å². The molecule has 2 atom stereocenters. The molecule has 2 fully saturated rings. The molecule has 0 bridgehead atoms. The van der Waals surface area contributed by atoms with E-state index in [1.807, 2.05) is 0 Å². The highest BCUT2D eigenvalue weighted by Crippen LogP contribution is 2.42. The van der Waals surface area contributed by atoms with E-state index in [0.717, 1.165) is 51.4 Å². The zero-order chi connectivity index (χ0) is 20.8. The van der Waals surface area contributed by atoms with Crippen LogP contribution in [0.3, 0.4) is 0 Å². The number of urea groups is 1. The third-order valence-electron chi connectivity index (χ3n) is 4.88. The normalized spacial score (nSPS) is 22.5. The molecule has 0 aromatic rings. The first-order chi connectivity index (χ1) is 13.1. The average molecular weight is 551 g/mol. The minimum absolute atomic E-state index is 0.357. The molecule has 0 aliphatic heterocycles. The molecule has 3 nitrogen and oxygen atoms in total. The van der Waals surface area contributed by atoms with E-state index in [-0.39, 0.29) is 0 Å². The molecule has 0 aromatic heterocycles. The summed E-state index contributed by atoms with van der Waals surface area (Å²) >= 11 is 39.8. The summed E-state index contributed by atoms with van der Waals surface area (Å²) in [5, 5.41) is 4.89. The molecule has 0 spiro atoms. The van der Waals surface area contributed by atoms with E-state index in [0.29, 0.717) is 10.5 Å². The van der Waals surface area contributed by atoms with Crippen molar-refractivity contribution in [3.8, 4) is 0 Å². The van der Waals surface area contributed by atoms with Crippen LogP contribution in [0.1, 0.15) is 64.2 Å². The van der Waals surface area contributed by atoms with E-state index in [1.54, 1.807) is 0 Å². The van der Waals surface area contributed by atoms with Crippen molar-refractivity contribution in [3.63, 3.8) is 0 Å². The lowest BCUT2D eigenvalue weighted by molar-refractivity contribution is 0.239. The van der Waals surface area contributed by atoms with Crippen LogP contribution in [0.5, 0.6) is 0 Å². The van der Waals surface area contributed by atoms with Crippen LogP contribution in [0.4, 0.5) is 4.79 Å². The highest BCUT2D eigenvalue weighted by Gasteiger charge is 2.40. The molecule has 2 amide bonds. The third kappa shape index (κ3) is 9.46. The summed E-state index contributed by atoms with van der Waals surface area (Å²) in [7, 11) is 0. The first kappa shape index (κ1) is 26.0. The van der Waals surface area contributed by atoms with Gasteiger partial charge in [0.05, 0.1) is 0 Å². The summed E-state index contributed by atoms with van der Waals surface area (Å²) in [5.41, 5.74) is 0. The maximum atomic E-state index is 12.6. The Morgan fingerprint density at radius 2 is 1.00 bits per heavy atom. The molecule has 2 aliphatic rings. The van der Waals surface area contributed by atoms with Gasteiger partial charge in [-0.05, 0) is 25.7 Å². The lowest BCUT2D eigenvalue weighted by Gasteiger charge is -2.33. The zero-order valence-corrected chi connectivity index (χ0v) is 21.5. The topological polar surface area (TPSA) is 41.1 Å². The van der Waals surface area contributed by atoms with Gasteiger partial charge in [-0.2, -0.15) is 0 Å². The number of hydrogen-bond donors (Lipinski definition) is 2. The van der Waals surface area contributed by atoms with Crippen LogP contribution in [-0.4, -0.2) is 34.9 Å². The molecule has 2 saturated carbocycles. The van der Waals surface area contributed by atoms with Gasteiger partial charge in [-0.25, -0.2) is 4.79 Å². The van der Waals surface area contributed by atoms with Crippen molar-refractivity contribution in [2.75, 3.05) is 0 Å². The number of rotatable bonds is 6. The van der Waals surface area contributed by atoms with Crippen molar-refractivity contribution in [2.45, 2.75) is 93.0 Å². The quantitative estimate of drug-likeness (QED) is 0.262. The Bertz CT molecular complexity index is 449. The summed E-state index contributed by atoms with van der Waals surface area (Å²) in [4.78, 5) is 12.6. The maximum absolute atomic E-state index is 12.6. The first-order valence-electron chi connectivity index (χ1n) is 9.57. The standard InChI is InChI=1S/C17H26Cl6N2OS2/c18-16(19,20)13(27-11-7-3-1-4-8-11)24-15(26)25-14(17(21,22)23)28-12-9-5-2-6-10-12/h11-14H,1-10H2,(H2,24,25,26)/t13-,14+.